The maximum atomic E-state index is 12.3. The van der Waals surface area contributed by atoms with Gasteiger partial charge < -0.3 is 15.0 Å². The van der Waals surface area contributed by atoms with Crippen LogP contribution >= 0.6 is 0 Å². The van der Waals surface area contributed by atoms with Crippen molar-refractivity contribution in [3.8, 4) is 0 Å². The van der Waals surface area contributed by atoms with Crippen molar-refractivity contribution in [2.75, 3.05) is 44.3 Å². The fraction of sp³-hybridized carbons (Fsp3) is 0.750. The lowest BCUT2D eigenvalue weighted by Crippen LogP contribution is -2.51. The van der Waals surface area contributed by atoms with E-state index in [1.807, 2.05) is 6.07 Å². The van der Waals surface area contributed by atoms with Gasteiger partial charge in [0, 0.05) is 51.5 Å². The number of anilines is 1. The minimum Gasteiger partial charge on any atom is -0.381 e. The van der Waals surface area contributed by atoms with Crippen molar-refractivity contribution < 1.29 is 9.53 Å². The molecule has 0 bridgehead atoms. The molecule has 0 unspecified atom stereocenters. The van der Waals surface area contributed by atoms with Gasteiger partial charge in [-0.05, 0) is 37.8 Å². The molecule has 2 aliphatic heterocycles. The lowest BCUT2D eigenvalue weighted by Gasteiger charge is -2.41. The second kappa shape index (κ2) is 8.97. The summed E-state index contributed by atoms with van der Waals surface area (Å²) >= 11 is 0. The molecule has 7 nitrogen and oxygen atoms in total. The van der Waals surface area contributed by atoms with Gasteiger partial charge in [-0.25, -0.2) is 0 Å². The van der Waals surface area contributed by atoms with Crippen LogP contribution in [0.5, 0.6) is 0 Å². The Hall–Kier alpha value is -1.73. The van der Waals surface area contributed by atoms with Crippen molar-refractivity contribution in [3.05, 3.63) is 17.8 Å². The van der Waals surface area contributed by atoms with E-state index < -0.39 is 0 Å². The molecular weight excluding hydrogens is 342 g/mol. The summed E-state index contributed by atoms with van der Waals surface area (Å²) in [6, 6.07) is 4.69. The van der Waals surface area contributed by atoms with Crippen LogP contribution in [-0.4, -0.2) is 72.5 Å². The van der Waals surface area contributed by atoms with Crippen molar-refractivity contribution in [1.29, 1.82) is 0 Å². The van der Waals surface area contributed by atoms with Gasteiger partial charge in [0.15, 0.2) is 11.5 Å². The smallest absolute Gasteiger partial charge is 0.272 e. The Bertz CT molecular complexity index is 603. The molecule has 1 saturated carbocycles. The van der Waals surface area contributed by atoms with Crippen LogP contribution in [0, 0.1) is 0 Å². The molecule has 27 heavy (non-hydrogen) atoms. The van der Waals surface area contributed by atoms with Crippen LogP contribution < -0.4 is 10.2 Å². The second-order valence-electron chi connectivity index (χ2n) is 7.95. The van der Waals surface area contributed by atoms with E-state index in [0.29, 0.717) is 18.9 Å². The standard InChI is InChI=1S/C20H31N5O2/c26-20(21-16-8-14-27-15-9-16)18-6-7-19(23-22-18)25-12-10-24(11-13-25)17-4-2-1-3-5-17/h6-7,16-17H,1-5,8-15H2,(H,21,26). The molecule has 3 fully saturated rings. The Morgan fingerprint density at radius 1 is 0.963 bits per heavy atom. The number of aromatic nitrogens is 2. The van der Waals surface area contributed by atoms with E-state index in [2.05, 4.69) is 25.3 Å². The molecule has 3 heterocycles. The quantitative estimate of drug-likeness (QED) is 0.868. The summed E-state index contributed by atoms with van der Waals surface area (Å²) in [5, 5.41) is 11.5. The molecule has 0 radical (unpaired) electrons. The lowest BCUT2D eigenvalue weighted by atomic mass is 9.94. The zero-order valence-electron chi connectivity index (χ0n) is 16.1. The number of nitrogens with zero attached hydrogens (tertiary/aromatic N) is 4. The second-order valence-corrected chi connectivity index (χ2v) is 7.95. The Balaban J connectivity index is 1.28. The largest absolute Gasteiger partial charge is 0.381 e. The summed E-state index contributed by atoms with van der Waals surface area (Å²) in [5.74, 6) is 0.740. The van der Waals surface area contributed by atoms with Crippen molar-refractivity contribution in [3.63, 3.8) is 0 Å². The zero-order chi connectivity index (χ0) is 18.5. The molecule has 1 aliphatic carbocycles. The molecule has 0 spiro atoms. The van der Waals surface area contributed by atoms with Crippen LogP contribution in [0.2, 0.25) is 0 Å². The number of hydrogen-bond acceptors (Lipinski definition) is 6. The maximum absolute atomic E-state index is 12.3. The highest BCUT2D eigenvalue weighted by Crippen LogP contribution is 2.24. The van der Waals surface area contributed by atoms with E-state index in [-0.39, 0.29) is 11.9 Å². The average Bonchev–Trinajstić information content (AvgIpc) is 2.75. The molecule has 7 heteroatoms. The predicted octanol–water partition coefficient (Wildman–Crippen LogP) is 1.84. The van der Waals surface area contributed by atoms with E-state index in [0.717, 1.165) is 50.9 Å². The van der Waals surface area contributed by atoms with Crippen LogP contribution in [0.4, 0.5) is 5.82 Å². The van der Waals surface area contributed by atoms with Gasteiger partial charge in [-0.1, -0.05) is 19.3 Å². The van der Waals surface area contributed by atoms with Gasteiger partial charge in [0.25, 0.3) is 5.91 Å². The molecule has 148 valence electrons. The molecule has 1 aromatic rings. The maximum Gasteiger partial charge on any atom is 0.272 e. The van der Waals surface area contributed by atoms with Crippen LogP contribution in [-0.2, 0) is 4.74 Å². The van der Waals surface area contributed by atoms with E-state index in [1.54, 1.807) is 6.07 Å². The molecule has 3 aliphatic rings. The van der Waals surface area contributed by atoms with Crippen LogP contribution in [0.3, 0.4) is 0 Å². The third-order valence-corrected chi connectivity index (χ3v) is 6.17. The third-order valence-electron chi connectivity index (χ3n) is 6.17. The molecule has 1 aromatic heterocycles. The normalized spacial score (nSPS) is 23.3. The fourth-order valence-corrected chi connectivity index (χ4v) is 4.48. The van der Waals surface area contributed by atoms with E-state index >= 15 is 0 Å². The summed E-state index contributed by atoms with van der Waals surface area (Å²) < 4.78 is 5.33. The first kappa shape index (κ1) is 18.6. The highest BCUT2D eigenvalue weighted by atomic mass is 16.5. The first-order valence-electron chi connectivity index (χ1n) is 10.5. The van der Waals surface area contributed by atoms with Crippen LogP contribution in [0.15, 0.2) is 12.1 Å². The van der Waals surface area contributed by atoms with E-state index in [1.165, 1.54) is 32.1 Å². The number of hydrogen-bond donors (Lipinski definition) is 1. The molecule has 0 aromatic carbocycles. The predicted molar refractivity (Wildman–Crippen MR) is 104 cm³/mol. The minimum absolute atomic E-state index is 0.136. The highest BCUT2D eigenvalue weighted by molar-refractivity contribution is 5.92. The summed E-state index contributed by atoms with van der Waals surface area (Å²) in [5.41, 5.74) is 0.395. The Kier molecular flexibility index (Phi) is 6.19. The lowest BCUT2D eigenvalue weighted by molar-refractivity contribution is 0.0693. The Labute approximate surface area is 161 Å². The van der Waals surface area contributed by atoms with Crippen LogP contribution in [0.1, 0.15) is 55.4 Å². The van der Waals surface area contributed by atoms with Gasteiger partial charge in [-0.15, -0.1) is 10.2 Å². The topological polar surface area (TPSA) is 70.6 Å². The van der Waals surface area contributed by atoms with Gasteiger partial charge in [-0.3, -0.25) is 9.69 Å². The zero-order valence-corrected chi connectivity index (χ0v) is 16.1. The van der Waals surface area contributed by atoms with Gasteiger partial charge >= 0.3 is 0 Å². The first-order chi connectivity index (χ1) is 13.3. The average molecular weight is 374 g/mol. The molecule has 4 rings (SSSR count). The first-order valence-corrected chi connectivity index (χ1v) is 10.5. The number of piperazine rings is 1. The van der Waals surface area contributed by atoms with Gasteiger partial charge in [0.1, 0.15) is 0 Å². The number of nitrogens with one attached hydrogen (secondary N) is 1. The van der Waals surface area contributed by atoms with Crippen LogP contribution in [0.25, 0.3) is 0 Å². The summed E-state index contributed by atoms with van der Waals surface area (Å²) in [4.78, 5) is 17.3. The van der Waals surface area contributed by atoms with Crippen molar-refractivity contribution in [1.82, 2.24) is 20.4 Å². The molecule has 0 atom stereocenters. The number of amides is 1. The van der Waals surface area contributed by atoms with Crippen molar-refractivity contribution >= 4 is 11.7 Å². The monoisotopic (exact) mass is 373 g/mol. The highest BCUT2D eigenvalue weighted by Gasteiger charge is 2.26. The SMILES string of the molecule is O=C(NC1CCOCC1)c1ccc(N2CCN(C3CCCCC3)CC2)nn1. The van der Waals surface area contributed by atoms with Gasteiger partial charge in [0.05, 0.1) is 0 Å². The number of rotatable bonds is 4. The number of carbonyl (C=O) groups excluding carboxylic acids is 1. The number of ether oxygens (including phenoxy) is 1. The molecule has 2 saturated heterocycles. The third kappa shape index (κ3) is 4.76. The number of carbonyl (C=O) groups is 1. The van der Waals surface area contributed by atoms with E-state index in [9.17, 15) is 4.79 Å². The van der Waals surface area contributed by atoms with Crippen molar-refractivity contribution in [2.24, 2.45) is 0 Å². The molecular formula is C20H31N5O2. The molecule has 1 N–H and O–H groups in total. The summed E-state index contributed by atoms with van der Waals surface area (Å²) in [7, 11) is 0. The Morgan fingerprint density at radius 3 is 2.37 bits per heavy atom. The summed E-state index contributed by atoms with van der Waals surface area (Å²) in [6.07, 6.45) is 8.61. The fourth-order valence-electron chi connectivity index (χ4n) is 4.48. The van der Waals surface area contributed by atoms with E-state index in [4.69, 9.17) is 4.74 Å². The molecule has 1 amide bonds. The Morgan fingerprint density at radius 2 is 1.70 bits per heavy atom. The van der Waals surface area contributed by atoms with Gasteiger partial charge in [-0.2, -0.15) is 0 Å². The van der Waals surface area contributed by atoms with Crippen molar-refractivity contribution in [2.45, 2.75) is 57.0 Å². The summed E-state index contributed by atoms with van der Waals surface area (Å²) in [6.45, 7) is 5.58. The minimum atomic E-state index is -0.136. The van der Waals surface area contributed by atoms with Gasteiger partial charge in [0.2, 0.25) is 0 Å².